The maximum absolute atomic E-state index is 11.7. The van der Waals surface area contributed by atoms with Crippen molar-refractivity contribution in [2.75, 3.05) is 13.6 Å². The largest absolute Gasteiger partial charge is 0.442 e. The Kier molecular flexibility index (Phi) is 2.93. The van der Waals surface area contributed by atoms with Crippen LogP contribution in [0.1, 0.15) is 27.7 Å². The van der Waals surface area contributed by atoms with Crippen molar-refractivity contribution in [1.82, 2.24) is 10.0 Å². The van der Waals surface area contributed by atoms with Crippen LogP contribution in [-0.4, -0.2) is 41.2 Å². The Morgan fingerprint density at radius 2 is 2.00 bits per heavy atom. The Morgan fingerprint density at radius 3 is 2.33 bits per heavy atom. The van der Waals surface area contributed by atoms with Gasteiger partial charge in [-0.05, 0) is 20.8 Å². The maximum Gasteiger partial charge on any atom is 0.429 e. The molecule has 86 valence electrons. The smallest absolute Gasteiger partial charge is 0.429 e. The summed E-state index contributed by atoms with van der Waals surface area (Å²) in [5.41, 5.74) is -0.535. The van der Waals surface area contributed by atoms with E-state index in [1.54, 1.807) is 34.7 Å². The lowest BCUT2D eigenvalue weighted by molar-refractivity contribution is -0.136. The summed E-state index contributed by atoms with van der Waals surface area (Å²) in [6.07, 6.45) is -0.470. The first-order valence-corrected chi connectivity index (χ1v) is 5.00. The summed E-state index contributed by atoms with van der Waals surface area (Å²) in [5, 5.41) is 2.65. The van der Waals surface area contributed by atoms with Crippen LogP contribution in [0.2, 0.25) is 0 Å². The van der Waals surface area contributed by atoms with Crippen LogP contribution in [0.5, 0.6) is 0 Å². The predicted octanol–water partition coefficient (Wildman–Crippen LogP) is 1.25. The van der Waals surface area contributed by atoms with E-state index in [-0.39, 0.29) is 11.8 Å². The lowest BCUT2D eigenvalue weighted by Gasteiger charge is -2.27. The van der Waals surface area contributed by atoms with E-state index >= 15 is 0 Å². The first-order chi connectivity index (χ1) is 6.72. The summed E-state index contributed by atoms with van der Waals surface area (Å²) in [4.78, 5) is 23.1. The minimum atomic E-state index is -0.535. The van der Waals surface area contributed by atoms with Crippen LogP contribution in [-0.2, 0) is 9.53 Å². The van der Waals surface area contributed by atoms with Crippen molar-refractivity contribution in [1.29, 1.82) is 0 Å². The number of nitrogens with zero attached hydrogens (tertiary/aromatic N) is 2. The van der Waals surface area contributed by atoms with Gasteiger partial charge in [0.15, 0.2) is 0 Å². The van der Waals surface area contributed by atoms with E-state index in [0.29, 0.717) is 6.54 Å². The summed E-state index contributed by atoms with van der Waals surface area (Å²) in [5.74, 6) is -0.205. The normalized spacial score (nSPS) is 22.2. The maximum atomic E-state index is 11.7. The van der Waals surface area contributed by atoms with E-state index < -0.39 is 11.7 Å². The highest BCUT2D eigenvalue weighted by Gasteiger charge is 2.37. The lowest BCUT2D eigenvalue weighted by atomic mass is 10.2. The molecule has 0 aromatic heterocycles. The topological polar surface area (TPSA) is 49.9 Å². The van der Waals surface area contributed by atoms with Crippen molar-refractivity contribution >= 4 is 12.0 Å². The third-order valence-corrected chi connectivity index (χ3v) is 2.15. The van der Waals surface area contributed by atoms with E-state index in [1.165, 1.54) is 10.0 Å². The van der Waals surface area contributed by atoms with Gasteiger partial charge in [0.1, 0.15) is 5.60 Å². The van der Waals surface area contributed by atoms with E-state index in [2.05, 4.69) is 0 Å². The van der Waals surface area contributed by atoms with Crippen LogP contribution in [0.25, 0.3) is 0 Å². The van der Waals surface area contributed by atoms with Crippen molar-refractivity contribution in [3.63, 3.8) is 0 Å². The van der Waals surface area contributed by atoms with Gasteiger partial charge in [-0.3, -0.25) is 9.80 Å². The third kappa shape index (κ3) is 2.61. The molecule has 1 rings (SSSR count). The van der Waals surface area contributed by atoms with Gasteiger partial charge >= 0.3 is 6.09 Å². The zero-order valence-corrected chi connectivity index (χ0v) is 9.90. The van der Waals surface area contributed by atoms with Gasteiger partial charge in [-0.1, -0.05) is 6.92 Å². The minimum absolute atomic E-state index is 0.0548. The standard InChI is InChI=1S/C10H18N2O3/c1-7-6-12(11(5)8(7)13)9(14)15-10(2,3)4/h7H,6H2,1-5H3. The number of carbonyl (C=O) groups is 2. The molecule has 1 aliphatic heterocycles. The van der Waals surface area contributed by atoms with Crippen molar-refractivity contribution < 1.29 is 14.3 Å². The van der Waals surface area contributed by atoms with Gasteiger partial charge in [0.2, 0.25) is 5.91 Å². The number of hydrazine groups is 1. The second kappa shape index (κ2) is 3.72. The van der Waals surface area contributed by atoms with Crippen molar-refractivity contribution in [3.05, 3.63) is 0 Å². The average molecular weight is 214 g/mol. The Hall–Kier alpha value is -1.26. The molecule has 0 radical (unpaired) electrons. The molecule has 0 N–H and O–H groups in total. The monoisotopic (exact) mass is 214 g/mol. The van der Waals surface area contributed by atoms with E-state index in [9.17, 15) is 9.59 Å². The van der Waals surface area contributed by atoms with E-state index in [0.717, 1.165) is 0 Å². The van der Waals surface area contributed by atoms with Crippen LogP contribution in [0.4, 0.5) is 4.79 Å². The molecule has 2 amide bonds. The van der Waals surface area contributed by atoms with Gasteiger partial charge in [-0.2, -0.15) is 0 Å². The molecular formula is C10H18N2O3. The molecule has 0 saturated carbocycles. The van der Waals surface area contributed by atoms with Gasteiger partial charge in [0.25, 0.3) is 0 Å². The number of hydrogen-bond acceptors (Lipinski definition) is 3. The van der Waals surface area contributed by atoms with Crippen LogP contribution >= 0.6 is 0 Å². The predicted molar refractivity (Wildman–Crippen MR) is 54.9 cm³/mol. The molecule has 0 spiro atoms. The fraction of sp³-hybridized carbons (Fsp3) is 0.800. The Balaban J connectivity index is 2.66. The number of amides is 2. The summed E-state index contributed by atoms with van der Waals surface area (Å²) in [6, 6.07) is 0. The number of ether oxygens (including phenoxy) is 1. The molecule has 5 nitrogen and oxygen atoms in total. The first kappa shape index (κ1) is 11.8. The highest BCUT2D eigenvalue weighted by Crippen LogP contribution is 2.19. The Bertz CT molecular complexity index is 283. The molecule has 1 aliphatic rings. The van der Waals surface area contributed by atoms with Gasteiger partial charge in [0.05, 0.1) is 12.5 Å². The molecule has 1 atom stereocenters. The van der Waals surface area contributed by atoms with Crippen molar-refractivity contribution in [2.24, 2.45) is 5.92 Å². The summed E-state index contributed by atoms with van der Waals surface area (Å²) >= 11 is 0. The molecular weight excluding hydrogens is 196 g/mol. The zero-order chi connectivity index (χ0) is 11.8. The average Bonchev–Trinajstić information content (AvgIpc) is 2.30. The van der Waals surface area contributed by atoms with Crippen molar-refractivity contribution in [3.8, 4) is 0 Å². The summed E-state index contributed by atoms with van der Waals surface area (Å²) in [6.45, 7) is 7.58. The minimum Gasteiger partial charge on any atom is -0.442 e. The fourth-order valence-corrected chi connectivity index (χ4v) is 1.41. The SMILES string of the molecule is CC1CN(C(=O)OC(C)(C)C)N(C)C1=O. The molecule has 1 unspecified atom stereocenters. The van der Waals surface area contributed by atoms with Crippen LogP contribution in [0.15, 0.2) is 0 Å². The summed E-state index contributed by atoms with van der Waals surface area (Å²) < 4.78 is 5.18. The van der Waals surface area contributed by atoms with Crippen LogP contribution < -0.4 is 0 Å². The lowest BCUT2D eigenvalue weighted by Crippen LogP contribution is -2.43. The Labute approximate surface area is 89.9 Å². The highest BCUT2D eigenvalue weighted by atomic mass is 16.6. The molecule has 0 aromatic carbocycles. The summed E-state index contributed by atoms with van der Waals surface area (Å²) in [7, 11) is 1.58. The molecule has 5 heteroatoms. The molecule has 0 aliphatic carbocycles. The van der Waals surface area contributed by atoms with E-state index in [4.69, 9.17) is 4.74 Å². The molecule has 1 saturated heterocycles. The number of rotatable bonds is 0. The van der Waals surface area contributed by atoms with E-state index in [1.807, 2.05) is 0 Å². The van der Waals surface area contributed by atoms with Crippen molar-refractivity contribution in [2.45, 2.75) is 33.3 Å². The number of hydrogen-bond donors (Lipinski definition) is 0. The fourth-order valence-electron chi connectivity index (χ4n) is 1.41. The molecule has 15 heavy (non-hydrogen) atoms. The van der Waals surface area contributed by atoms with Crippen LogP contribution in [0.3, 0.4) is 0 Å². The molecule has 0 aromatic rings. The quantitative estimate of drug-likeness (QED) is 0.609. The van der Waals surface area contributed by atoms with Gasteiger partial charge < -0.3 is 4.74 Å². The molecule has 1 heterocycles. The van der Waals surface area contributed by atoms with Crippen LogP contribution in [0, 0.1) is 5.92 Å². The second-order valence-corrected chi connectivity index (χ2v) is 4.83. The Morgan fingerprint density at radius 1 is 1.47 bits per heavy atom. The molecule has 1 fully saturated rings. The number of carbonyl (C=O) groups excluding carboxylic acids is 2. The molecule has 0 bridgehead atoms. The highest BCUT2D eigenvalue weighted by molar-refractivity contribution is 5.84. The van der Waals surface area contributed by atoms with Gasteiger partial charge in [-0.15, -0.1) is 0 Å². The first-order valence-electron chi connectivity index (χ1n) is 5.00. The second-order valence-electron chi connectivity index (χ2n) is 4.83. The van der Waals surface area contributed by atoms with Gasteiger partial charge in [0, 0.05) is 7.05 Å². The zero-order valence-electron chi connectivity index (χ0n) is 9.90. The third-order valence-electron chi connectivity index (χ3n) is 2.15. The van der Waals surface area contributed by atoms with Gasteiger partial charge in [-0.25, -0.2) is 9.80 Å².